The van der Waals surface area contributed by atoms with Crippen molar-refractivity contribution in [3.63, 3.8) is 0 Å². The van der Waals surface area contributed by atoms with Gasteiger partial charge in [-0.1, -0.05) is 23.5 Å². The molecule has 0 aliphatic heterocycles. The zero-order chi connectivity index (χ0) is 14.1. The van der Waals surface area contributed by atoms with Crippen LogP contribution in [0.2, 0.25) is 0 Å². The van der Waals surface area contributed by atoms with Crippen molar-refractivity contribution < 1.29 is 0 Å². The molecule has 0 radical (unpaired) electrons. The highest BCUT2D eigenvalue weighted by Crippen LogP contribution is 2.27. The predicted molar refractivity (Wildman–Crippen MR) is 81.8 cm³/mol. The topological polar surface area (TPSA) is 64.7 Å². The molecule has 0 saturated carbocycles. The molecule has 1 unspecified atom stereocenters. The van der Waals surface area contributed by atoms with Crippen molar-refractivity contribution in [2.75, 3.05) is 0 Å². The van der Waals surface area contributed by atoms with E-state index >= 15 is 0 Å². The van der Waals surface area contributed by atoms with Crippen LogP contribution < -0.4 is 5.73 Å². The van der Waals surface area contributed by atoms with Crippen LogP contribution in [0.3, 0.4) is 0 Å². The zero-order valence-corrected chi connectivity index (χ0v) is 12.3. The van der Waals surface area contributed by atoms with E-state index in [2.05, 4.69) is 33.6 Å². The molecule has 20 heavy (non-hydrogen) atoms. The molecule has 0 amide bonds. The van der Waals surface area contributed by atoms with Crippen molar-refractivity contribution in [1.82, 2.24) is 14.6 Å². The number of nitrogens with zero attached hydrogens (tertiary/aromatic N) is 3. The number of nitrogens with two attached hydrogens (primary N) is 1. The molecule has 0 aliphatic rings. The molecule has 0 saturated heterocycles. The van der Waals surface area contributed by atoms with E-state index in [1.54, 1.807) is 0 Å². The normalized spacial score (nSPS) is 12.8. The summed E-state index contributed by atoms with van der Waals surface area (Å²) in [6.45, 7) is 4.07. The molecule has 2 N–H and O–H groups in total. The largest absolute Gasteiger partial charge is 0.320 e. The minimum Gasteiger partial charge on any atom is -0.320 e. The predicted octanol–water partition coefficient (Wildman–Crippen LogP) is 3.01. The van der Waals surface area contributed by atoms with Crippen LogP contribution in [0.1, 0.15) is 34.8 Å². The molecule has 2 aromatic heterocycles. The van der Waals surface area contributed by atoms with Crippen LogP contribution in [0.25, 0.3) is 10.9 Å². The molecule has 1 aromatic carbocycles. The highest BCUT2D eigenvalue weighted by molar-refractivity contribution is 7.05. The number of aryl methyl sites for hydroxylation is 2. The van der Waals surface area contributed by atoms with Gasteiger partial charge in [0.05, 0.1) is 22.1 Å². The number of benzene rings is 1. The summed E-state index contributed by atoms with van der Waals surface area (Å²) in [7, 11) is 0. The first-order chi connectivity index (χ1) is 9.69. The summed E-state index contributed by atoms with van der Waals surface area (Å²) in [6, 6.07) is 10.1. The Labute approximate surface area is 121 Å². The van der Waals surface area contributed by atoms with Gasteiger partial charge in [-0.3, -0.25) is 4.98 Å². The van der Waals surface area contributed by atoms with E-state index in [1.165, 1.54) is 11.5 Å². The highest BCUT2D eigenvalue weighted by atomic mass is 32.1. The number of hydrogen-bond acceptors (Lipinski definition) is 5. The Balaban J connectivity index is 2.03. The Bertz CT molecular complexity index is 750. The number of fused-ring (bicyclic) bond motifs is 1. The number of rotatable bonds is 3. The number of hydrogen-bond donors (Lipinski definition) is 1. The summed E-state index contributed by atoms with van der Waals surface area (Å²) in [5.74, 6) is 0. The third-order valence-corrected chi connectivity index (χ3v) is 4.26. The SMILES string of the molecule is CCc1nnsc1C(N)c1ccc2nc(C)ccc2c1. The monoisotopic (exact) mass is 284 g/mol. The van der Waals surface area contributed by atoms with Crippen LogP contribution in [0.15, 0.2) is 30.3 Å². The Morgan fingerprint density at radius 3 is 2.90 bits per heavy atom. The Morgan fingerprint density at radius 1 is 1.25 bits per heavy atom. The fourth-order valence-electron chi connectivity index (χ4n) is 2.29. The van der Waals surface area contributed by atoms with E-state index in [0.29, 0.717) is 0 Å². The second-order valence-electron chi connectivity index (χ2n) is 4.82. The summed E-state index contributed by atoms with van der Waals surface area (Å²) in [6.07, 6.45) is 0.855. The minimum atomic E-state index is -0.171. The second-order valence-corrected chi connectivity index (χ2v) is 5.61. The molecule has 0 aliphatic carbocycles. The van der Waals surface area contributed by atoms with Crippen LogP contribution in [0.5, 0.6) is 0 Å². The summed E-state index contributed by atoms with van der Waals surface area (Å²) < 4.78 is 4.01. The summed E-state index contributed by atoms with van der Waals surface area (Å²) in [4.78, 5) is 5.56. The molecule has 0 bridgehead atoms. The smallest absolute Gasteiger partial charge is 0.0804 e. The quantitative estimate of drug-likeness (QED) is 0.803. The molecular weight excluding hydrogens is 268 g/mol. The lowest BCUT2D eigenvalue weighted by Crippen LogP contribution is -2.12. The molecule has 0 spiro atoms. The lowest BCUT2D eigenvalue weighted by Gasteiger charge is -2.11. The van der Waals surface area contributed by atoms with Crippen LogP contribution in [-0.2, 0) is 6.42 Å². The van der Waals surface area contributed by atoms with Gasteiger partial charge < -0.3 is 5.73 Å². The molecule has 1 atom stereocenters. The van der Waals surface area contributed by atoms with Gasteiger partial charge in [-0.2, -0.15) is 0 Å². The summed E-state index contributed by atoms with van der Waals surface area (Å²) >= 11 is 1.38. The molecule has 3 aromatic rings. The van der Waals surface area contributed by atoms with Crippen molar-refractivity contribution in [1.29, 1.82) is 0 Å². The lowest BCUT2D eigenvalue weighted by atomic mass is 10.0. The fraction of sp³-hybridized carbons (Fsp3) is 0.267. The maximum atomic E-state index is 6.37. The second kappa shape index (κ2) is 5.26. The zero-order valence-electron chi connectivity index (χ0n) is 11.5. The van der Waals surface area contributed by atoms with Crippen LogP contribution >= 0.6 is 11.5 Å². The van der Waals surface area contributed by atoms with Gasteiger partial charge in [0.25, 0.3) is 0 Å². The van der Waals surface area contributed by atoms with Gasteiger partial charge >= 0.3 is 0 Å². The summed E-state index contributed by atoms with van der Waals surface area (Å²) in [5.41, 5.74) is 10.5. The van der Waals surface area contributed by atoms with Gasteiger partial charge in [-0.15, -0.1) is 5.10 Å². The maximum Gasteiger partial charge on any atom is 0.0804 e. The average molecular weight is 284 g/mol. The van der Waals surface area contributed by atoms with Gasteiger partial charge in [0.15, 0.2) is 0 Å². The highest BCUT2D eigenvalue weighted by Gasteiger charge is 2.16. The van der Waals surface area contributed by atoms with Crippen molar-refractivity contribution in [3.8, 4) is 0 Å². The van der Waals surface area contributed by atoms with Gasteiger partial charge in [-0.25, -0.2) is 0 Å². The van der Waals surface area contributed by atoms with E-state index < -0.39 is 0 Å². The maximum absolute atomic E-state index is 6.37. The van der Waals surface area contributed by atoms with Crippen molar-refractivity contribution in [2.24, 2.45) is 5.73 Å². The molecule has 4 nitrogen and oxygen atoms in total. The third-order valence-electron chi connectivity index (χ3n) is 3.41. The fourth-order valence-corrected chi connectivity index (χ4v) is 3.06. The van der Waals surface area contributed by atoms with Crippen molar-refractivity contribution in [3.05, 3.63) is 52.2 Å². The number of pyridine rings is 1. The first-order valence-corrected chi connectivity index (χ1v) is 7.40. The first kappa shape index (κ1) is 13.1. The third kappa shape index (κ3) is 2.30. The molecule has 102 valence electrons. The first-order valence-electron chi connectivity index (χ1n) is 6.63. The van der Waals surface area contributed by atoms with Gasteiger partial charge in [0.2, 0.25) is 0 Å². The molecule has 2 heterocycles. The van der Waals surface area contributed by atoms with Crippen LogP contribution in [0, 0.1) is 6.92 Å². The van der Waals surface area contributed by atoms with E-state index in [0.717, 1.165) is 39.2 Å². The lowest BCUT2D eigenvalue weighted by molar-refractivity contribution is 0.855. The van der Waals surface area contributed by atoms with Gasteiger partial charge in [-0.05, 0) is 48.6 Å². The van der Waals surface area contributed by atoms with E-state index in [4.69, 9.17) is 5.73 Å². The molecule has 5 heteroatoms. The molecule has 0 fully saturated rings. The van der Waals surface area contributed by atoms with E-state index in [-0.39, 0.29) is 6.04 Å². The minimum absolute atomic E-state index is 0.171. The Hall–Kier alpha value is -1.85. The van der Waals surface area contributed by atoms with Crippen molar-refractivity contribution in [2.45, 2.75) is 26.3 Å². The molecule has 3 rings (SSSR count). The Morgan fingerprint density at radius 2 is 2.10 bits per heavy atom. The van der Waals surface area contributed by atoms with Crippen LogP contribution in [-0.4, -0.2) is 14.6 Å². The van der Waals surface area contributed by atoms with Crippen LogP contribution in [0.4, 0.5) is 0 Å². The summed E-state index contributed by atoms with van der Waals surface area (Å²) in [5, 5.41) is 5.24. The Kier molecular flexibility index (Phi) is 3.46. The molecular formula is C15H16N4S. The average Bonchev–Trinajstić information content (AvgIpc) is 2.94. The van der Waals surface area contributed by atoms with Gasteiger partial charge in [0, 0.05) is 11.1 Å². The number of aromatic nitrogens is 3. The van der Waals surface area contributed by atoms with Gasteiger partial charge in [0.1, 0.15) is 0 Å². The van der Waals surface area contributed by atoms with Crippen molar-refractivity contribution >= 4 is 22.4 Å². The van der Waals surface area contributed by atoms with E-state index in [1.807, 2.05) is 25.1 Å². The van der Waals surface area contributed by atoms with E-state index in [9.17, 15) is 0 Å². The standard InChI is InChI=1S/C15H16N4S/c1-3-12-15(20-19-18-12)14(16)11-6-7-13-10(8-11)5-4-9(2)17-13/h4-8,14H,3,16H2,1-2H3.